The molecule has 2 unspecified atom stereocenters. The molecule has 2 heterocycles. The maximum atomic E-state index is 12.8. The third kappa shape index (κ3) is 3.25. The normalized spacial score (nSPS) is 29.3. The summed E-state index contributed by atoms with van der Waals surface area (Å²) in [6.07, 6.45) is 4.25. The number of likely N-dealkylation sites (tertiary alicyclic amines) is 2. The van der Waals surface area contributed by atoms with Crippen molar-refractivity contribution in [2.24, 2.45) is 5.41 Å². The third-order valence-corrected chi connectivity index (χ3v) is 4.94. The smallest absolute Gasteiger partial charge is 0.311 e. The lowest BCUT2D eigenvalue weighted by Crippen LogP contribution is -2.56. The summed E-state index contributed by atoms with van der Waals surface area (Å²) in [4.78, 5) is 39.7. The van der Waals surface area contributed by atoms with Gasteiger partial charge in [0.25, 0.3) is 0 Å². The van der Waals surface area contributed by atoms with Crippen LogP contribution in [0.4, 0.5) is 0 Å². The van der Waals surface area contributed by atoms with Gasteiger partial charge in [-0.25, -0.2) is 0 Å². The largest absolute Gasteiger partial charge is 0.481 e. The number of carboxylic acid groups (broad SMARTS) is 1. The average Bonchev–Trinajstić information content (AvgIpc) is 2.53. The molecule has 2 saturated heterocycles. The molecular formula is C16H26N2O4. The van der Waals surface area contributed by atoms with Crippen LogP contribution in [0.3, 0.4) is 0 Å². The fourth-order valence-electron chi connectivity index (χ4n) is 3.50. The summed E-state index contributed by atoms with van der Waals surface area (Å²) in [5, 5.41) is 9.38. The first kappa shape index (κ1) is 16.8. The van der Waals surface area contributed by atoms with Crippen LogP contribution in [0.15, 0.2) is 0 Å². The Morgan fingerprint density at radius 1 is 1.18 bits per heavy atom. The van der Waals surface area contributed by atoms with Gasteiger partial charge >= 0.3 is 5.97 Å². The molecule has 0 bridgehead atoms. The molecule has 0 radical (unpaired) electrons. The molecule has 0 saturated carbocycles. The third-order valence-electron chi connectivity index (χ3n) is 4.94. The molecule has 2 aliphatic rings. The lowest BCUT2D eigenvalue weighted by atomic mass is 9.81. The summed E-state index contributed by atoms with van der Waals surface area (Å²) >= 11 is 0. The van der Waals surface area contributed by atoms with E-state index >= 15 is 0 Å². The Labute approximate surface area is 131 Å². The van der Waals surface area contributed by atoms with Crippen LogP contribution in [0.5, 0.6) is 0 Å². The number of nitrogens with zero attached hydrogens (tertiary/aromatic N) is 2. The van der Waals surface area contributed by atoms with Crippen molar-refractivity contribution in [3.63, 3.8) is 0 Å². The van der Waals surface area contributed by atoms with Gasteiger partial charge < -0.3 is 14.9 Å². The highest BCUT2D eigenvalue weighted by Gasteiger charge is 2.42. The summed E-state index contributed by atoms with van der Waals surface area (Å²) in [5.74, 6) is -0.917. The summed E-state index contributed by atoms with van der Waals surface area (Å²) < 4.78 is 0. The molecule has 2 atom stereocenters. The zero-order valence-corrected chi connectivity index (χ0v) is 13.5. The second kappa shape index (κ2) is 6.67. The predicted molar refractivity (Wildman–Crippen MR) is 81.2 cm³/mol. The Balaban J connectivity index is 2.11. The van der Waals surface area contributed by atoms with Crippen LogP contribution in [0.25, 0.3) is 0 Å². The minimum absolute atomic E-state index is 0.0102. The van der Waals surface area contributed by atoms with Crippen molar-refractivity contribution in [1.82, 2.24) is 9.80 Å². The quantitative estimate of drug-likeness (QED) is 0.856. The van der Waals surface area contributed by atoms with Crippen LogP contribution in [0.2, 0.25) is 0 Å². The van der Waals surface area contributed by atoms with Crippen LogP contribution in [-0.4, -0.2) is 58.4 Å². The van der Waals surface area contributed by atoms with E-state index in [0.717, 1.165) is 12.8 Å². The standard InChI is InChI=1S/C16H26N2O4/c1-3-13(19)18-10-5-4-7-12(18)14(20)17-9-6-8-16(2,11-17)15(21)22/h12H,3-11H2,1-2H3,(H,21,22). The number of hydrogen-bond donors (Lipinski definition) is 1. The van der Waals surface area contributed by atoms with Crippen molar-refractivity contribution in [2.45, 2.75) is 58.4 Å². The number of rotatable bonds is 3. The van der Waals surface area contributed by atoms with E-state index in [4.69, 9.17) is 0 Å². The van der Waals surface area contributed by atoms with Crippen molar-refractivity contribution in [2.75, 3.05) is 19.6 Å². The van der Waals surface area contributed by atoms with Gasteiger partial charge in [-0.1, -0.05) is 6.92 Å². The first-order valence-electron chi connectivity index (χ1n) is 8.20. The predicted octanol–water partition coefficient (Wildman–Crippen LogP) is 1.49. The van der Waals surface area contributed by atoms with E-state index in [1.54, 1.807) is 23.6 Å². The van der Waals surface area contributed by atoms with Gasteiger partial charge in [-0.2, -0.15) is 0 Å². The van der Waals surface area contributed by atoms with Gasteiger partial charge in [-0.05, 0) is 39.0 Å². The molecule has 2 fully saturated rings. The summed E-state index contributed by atoms with van der Waals surface area (Å²) in [6.45, 7) is 4.97. The van der Waals surface area contributed by atoms with E-state index in [1.165, 1.54) is 0 Å². The Morgan fingerprint density at radius 3 is 2.55 bits per heavy atom. The summed E-state index contributed by atoms with van der Waals surface area (Å²) in [5.41, 5.74) is -0.873. The SMILES string of the molecule is CCC(=O)N1CCCCC1C(=O)N1CCCC(C)(C(=O)O)C1. The van der Waals surface area contributed by atoms with E-state index < -0.39 is 17.4 Å². The topological polar surface area (TPSA) is 77.9 Å². The number of carbonyl (C=O) groups excluding carboxylic acids is 2. The number of aliphatic carboxylic acids is 1. The molecular weight excluding hydrogens is 284 g/mol. The van der Waals surface area contributed by atoms with Crippen molar-refractivity contribution in [3.8, 4) is 0 Å². The Morgan fingerprint density at radius 2 is 1.91 bits per heavy atom. The highest BCUT2D eigenvalue weighted by molar-refractivity contribution is 5.88. The minimum Gasteiger partial charge on any atom is -0.481 e. The summed E-state index contributed by atoms with van der Waals surface area (Å²) in [6, 6.07) is -0.405. The lowest BCUT2D eigenvalue weighted by molar-refractivity contribution is -0.157. The molecule has 2 rings (SSSR count). The molecule has 2 aliphatic heterocycles. The van der Waals surface area contributed by atoms with E-state index in [2.05, 4.69) is 0 Å². The highest BCUT2D eigenvalue weighted by Crippen LogP contribution is 2.31. The Bertz CT molecular complexity index is 465. The van der Waals surface area contributed by atoms with Gasteiger partial charge in [-0.15, -0.1) is 0 Å². The van der Waals surface area contributed by atoms with E-state index in [-0.39, 0.29) is 18.4 Å². The van der Waals surface area contributed by atoms with E-state index in [0.29, 0.717) is 38.8 Å². The van der Waals surface area contributed by atoms with Gasteiger partial charge in [-0.3, -0.25) is 14.4 Å². The number of hydrogen-bond acceptors (Lipinski definition) is 3. The van der Waals surface area contributed by atoms with Crippen molar-refractivity contribution in [3.05, 3.63) is 0 Å². The van der Waals surface area contributed by atoms with Crippen LogP contribution in [0, 0.1) is 5.41 Å². The fourth-order valence-corrected chi connectivity index (χ4v) is 3.50. The zero-order valence-electron chi connectivity index (χ0n) is 13.5. The van der Waals surface area contributed by atoms with Gasteiger partial charge in [0.1, 0.15) is 6.04 Å². The first-order valence-corrected chi connectivity index (χ1v) is 8.20. The van der Waals surface area contributed by atoms with Crippen molar-refractivity contribution < 1.29 is 19.5 Å². The van der Waals surface area contributed by atoms with Crippen LogP contribution < -0.4 is 0 Å². The van der Waals surface area contributed by atoms with Crippen molar-refractivity contribution >= 4 is 17.8 Å². The molecule has 0 spiro atoms. The molecule has 0 aliphatic carbocycles. The first-order chi connectivity index (χ1) is 10.4. The maximum absolute atomic E-state index is 12.8. The molecule has 1 N–H and O–H groups in total. The molecule has 6 nitrogen and oxygen atoms in total. The Hall–Kier alpha value is -1.59. The van der Waals surface area contributed by atoms with Crippen LogP contribution in [-0.2, 0) is 14.4 Å². The molecule has 0 aromatic heterocycles. The van der Waals surface area contributed by atoms with Gasteiger partial charge in [0.2, 0.25) is 11.8 Å². The summed E-state index contributed by atoms with van der Waals surface area (Å²) in [7, 11) is 0. The molecule has 0 aromatic carbocycles. The number of carboxylic acids is 1. The van der Waals surface area contributed by atoms with Gasteiger partial charge in [0.05, 0.1) is 5.41 Å². The monoisotopic (exact) mass is 310 g/mol. The van der Waals surface area contributed by atoms with Crippen LogP contribution in [0.1, 0.15) is 52.4 Å². The number of carbonyl (C=O) groups is 3. The number of amides is 2. The second-order valence-corrected chi connectivity index (χ2v) is 6.68. The van der Waals surface area contributed by atoms with Crippen LogP contribution >= 0.6 is 0 Å². The molecule has 124 valence electrons. The highest BCUT2D eigenvalue weighted by atomic mass is 16.4. The Kier molecular flexibility index (Phi) is 5.08. The minimum atomic E-state index is -0.873. The van der Waals surface area contributed by atoms with E-state index in [1.807, 2.05) is 0 Å². The van der Waals surface area contributed by atoms with Gasteiger partial charge in [0, 0.05) is 26.1 Å². The van der Waals surface area contributed by atoms with Gasteiger partial charge in [0.15, 0.2) is 0 Å². The zero-order chi connectivity index (χ0) is 16.3. The maximum Gasteiger partial charge on any atom is 0.311 e. The molecule has 22 heavy (non-hydrogen) atoms. The lowest BCUT2D eigenvalue weighted by Gasteiger charge is -2.42. The molecule has 6 heteroatoms. The molecule has 0 aromatic rings. The van der Waals surface area contributed by atoms with Crippen molar-refractivity contribution in [1.29, 1.82) is 0 Å². The number of piperidine rings is 2. The second-order valence-electron chi connectivity index (χ2n) is 6.68. The molecule has 2 amide bonds. The fraction of sp³-hybridized carbons (Fsp3) is 0.812. The van der Waals surface area contributed by atoms with E-state index in [9.17, 15) is 19.5 Å². The average molecular weight is 310 g/mol.